The van der Waals surface area contributed by atoms with E-state index in [1.54, 1.807) is 55.4 Å². The van der Waals surface area contributed by atoms with Crippen molar-refractivity contribution in [3.63, 3.8) is 0 Å². The SMILES string of the molecule is CN(C)C=NC(=O)c1[nH]n(-c2ccccc2)c(=O)c(=S)c1-c1ccccc1. The molecule has 27 heavy (non-hydrogen) atoms. The summed E-state index contributed by atoms with van der Waals surface area (Å²) in [6, 6.07) is 18.1. The van der Waals surface area contributed by atoms with Gasteiger partial charge >= 0.3 is 0 Å². The molecular formula is C20H18N4O2S. The second-order valence-corrected chi connectivity index (χ2v) is 6.45. The lowest BCUT2D eigenvalue weighted by Crippen LogP contribution is -2.25. The Kier molecular flexibility index (Phi) is 5.42. The van der Waals surface area contributed by atoms with Crippen molar-refractivity contribution in [3.05, 3.63) is 81.2 Å². The van der Waals surface area contributed by atoms with Gasteiger partial charge in [0.2, 0.25) is 0 Å². The molecule has 3 rings (SSSR count). The molecule has 7 heteroatoms. The maximum absolute atomic E-state index is 12.9. The van der Waals surface area contributed by atoms with Gasteiger partial charge < -0.3 is 4.90 Å². The van der Waals surface area contributed by atoms with Crippen molar-refractivity contribution in [3.8, 4) is 16.8 Å². The summed E-state index contributed by atoms with van der Waals surface area (Å²) in [4.78, 5) is 31.3. The summed E-state index contributed by atoms with van der Waals surface area (Å²) in [5, 5.41) is 2.92. The van der Waals surface area contributed by atoms with Gasteiger partial charge in [-0.1, -0.05) is 60.7 Å². The monoisotopic (exact) mass is 378 g/mol. The molecule has 0 saturated carbocycles. The van der Waals surface area contributed by atoms with Crippen LogP contribution in [0.2, 0.25) is 0 Å². The minimum Gasteiger partial charge on any atom is -0.369 e. The maximum atomic E-state index is 12.9. The van der Waals surface area contributed by atoms with Gasteiger partial charge in [0, 0.05) is 19.7 Å². The molecule has 6 nitrogen and oxygen atoms in total. The van der Waals surface area contributed by atoms with Gasteiger partial charge in [-0.05, 0) is 17.7 Å². The number of amides is 1. The highest BCUT2D eigenvalue weighted by Crippen LogP contribution is 2.23. The zero-order valence-electron chi connectivity index (χ0n) is 14.9. The summed E-state index contributed by atoms with van der Waals surface area (Å²) < 4.78 is 1.33. The predicted octanol–water partition coefficient (Wildman–Crippen LogP) is 3.29. The molecule has 0 spiro atoms. The molecule has 3 aromatic rings. The zero-order chi connectivity index (χ0) is 19.4. The van der Waals surface area contributed by atoms with E-state index in [4.69, 9.17) is 12.2 Å². The molecule has 1 aromatic heterocycles. The van der Waals surface area contributed by atoms with Crippen LogP contribution in [0.3, 0.4) is 0 Å². The van der Waals surface area contributed by atoms with Gasteiger partial charge in [-0.2, -0.15) is 4.99 Å². The van der Waals surface area contributed by atoms with Gasteiger partial charge in [-0.25, -0.2) is 4.68 Å². The highest BCUT2D eigenvalue weighted by atomic mass is 32.1. The Morgan fingerprint density at radius 2 is 1.67 bits per heavy atom. The topological polar surface area (TPSA) is 70.5 Å². The highest BCUT2D eigenvalue weighted by Gasteiger charge is 2.19. The fourth-order valence-corrected chi connectivity index (χ4v) is 2.88. The first-order valence-corrected chi connectivity index (χ1v) is 8.65. The summed E-state index contributed by atoms with van der Waals surface area (Å²) in [6.07, 6.45) is 1.41. The number of hydrogen-bond donors (Lipinski definition) is 1. The van der Waals surface area contributed by atoms with Gasteiger partial charge in [0.1, 0.15) is 10.2 Å². The Balaban J connectivity index is 2.30. The molecule has 0 aliphatic rings. The van der Waals surface area contributed by atoms with Crippen molar-refractivity contribution in [1.82, 2.24) is 14.7 Å². The maximum Gasteiger partial charge on any atom is 0.296 e. The second-order valence-electron chi connectivity index (χ2n) is 6.05. The lowest BCUT2D eigenvalue weighted by molar-refractivity contribution is 0.0996. The van der Waals surface area contributed by atoms with E-state index >= 15 is 0 Å². The van der Waals surface area contributed by atoms with Gasteiger partial charge in [0.15, 0.2) is 0 Å². The number of carbonyl (C=O) groups is 1. The van der Waals surface area contributed by atoms with Crippen molar-refractivity contribution >= 4 is 24.5 Å². The van der Waals surface area contributed by atoms with Crippen LogP contribution in [-0.2, 0) is 0 Å². The van der Waals surface area contributed by atoms with E-state index < -0.39 is 11.5 Å². The molecule has 2 aromatic carbocycles. The molecule has 0 aliphatic heterocycles. The molecule has 0 aliphatic carbocycles. The number of rotatable bonds is 4. The van der Waals surface area contributed by atoms with Crippen LogP contribution in [0.25, 0.3) is 16.8 Å². The number of para-hydroxylation sites is 1. The number of nitrogens with one attached hydrogen (secondary N) is 1. The quantitative estimate of drug-likeness (QED) is 0.430. The lowest BCUT2D eigenvalue weighted by atomic mass is 10.0. The summed E-state index contributed by atoms with van der Waals surface area (Å²) in [5.41, 5.74) is 1.40. The number of hydrogen-bond acceptors (Lipinski definition) is 3. The molecule has 0 unspecified atom stereocenters. The van der Waals surface area contributed by atoms with E-state index in [1.807, 2.05) is 24.3 Å². The molecule has 136 valence electrons. The number of benzene rings is 2. The van der Waals surface area contributed by atoms with E-state index in [9.17, 15) is 9.59 Å². The number of aliphatic imine (C=N–C) groups is 1. The molecule has 0 bridgehead atoms. The third-order valence-corrected chi connectivity index (χ3v) is 4.17. The predicted molar refractivity (Wildman–Crippen MR) is 109 cm³/mol. The minimum atomic E-state index is -0.515. The first-order valence-electron chi connectivity index (χ1n) is 8.24. The molecule has 1 heterocycles. The molecule has 0 saturated heterocycles. The van der Waals surface area contributed by atoms with Crippen LogP contribution in [-0.4, -0.2) is 41.0 Å². The van der Waals surface area contributed by atoms with E-state index in [0.29, 0.717) is 16.8 Å². The smallest absolute Gasteiger partial charge is 0.296 e. The number of aromatic nitrogens is 2. The Hall–Kier alpha value is -3.32. The summed E-state index contributed by atoms with van der Waals surface area (Å²) in [7, 11) is 3.53. The summed E-state index contributed by atoms with van der Waals surface area (Å²) in [5.74, 6) is -0.515. The van der Waals surface area contributed by atoms with Gasteiger partial charge in [0.05, 0.1) is 12.0 Å². The molecule has 1 N–H and O–H groups in total. The number of H-pyrrole nitrogens is 1. The van der Waals surface area contributed by atoms with Crippen LogP contribution in [0.15, 0.2) is 70.5 Å². The number of carbonyl (C=O) groups excluding carboxylic acids is 1. The minimum absolute atomic E-state index is 0.0622. The Bertz CT molecular complexity index is 1100. The average molecular weight is 378 g/mol. The van der Waals surface area contributed by atoms with Gasteiger partial charge in [-0.3, -0.25) is 14.7 Å². The van der Waals surface area contributed by atoms with Gasteiger partial charge in [0.25, 0.3) is 11.5 Å². The molecule has 0 fully saturated rings. The third-order valence-electron chi connectivity index (χ3n) is 3.79. The fraction of sp³-hybridized carbons (Fsp3) is 0.100. The average Bonchev–Trinajstić information content (AvgIpc) is 2.69. The fourth-order valence-electron chi connectivity index (χ4n) is 2.57. The summed E-state index contributed by atoms with van der Waals surface area (Å²) >= 11 is 5.44. The Morgan fingerprint density at radius 1 is 1.07 bits per heavy atom. The first-order chi connectivity index (χ1) is 13.0. The Morgan fingerprint density at radius 3 is 2.26 bits per heavy atom. The molecule has 0 radical (unpaired) electrons. The van der Waals surface area contributed by atoms with Crippen molar-refractivity contribution in [2.45, 2.75) is 0 Å². The second kappa shape index (κ2) is 7.92. The normalized spacial score (nSPS) is 10.9. The van der Waals surface area contributed by atoms with Crippen LogP contribution in [0.1, 0.15) is 10.5 Å². The van der Waals surface area contributed by atoms with E-state index in [-0.39, 0.29) is 10.2 Å². The third kappa shape index (κ3) is 3.93. The van der Waals surface area contributed by atoms with Crippen molar-refractivity contribution in [2.24, 2.45) is 4.99 Å². The zero-order valence-corrected chi connectivity index (χ0v) is 15.7. The highest BCUT2D eigenvalue weighted by molar-refractivity contribution is 7.71. The van der Waals surface area contributed by atoms with Crippen LogP contribution < -0.4 is 5.56 Å². The molecule has 0 atom stereocenters. The van der Waals surface area contributed by atoms with Gasteiger partial charge in [-0.15, -0.1) is 0 Å². The molecular weight excluding hydrogens is 360 g/mol. The number of nitrogens with zero attached hydrogens (tertiary/aromatic N) is 3. The largest absolute Gasteiger partial charge is 0.369 e. The van der Waals surface area contributed by atoms with Crippen LogP contribution in [0, 0.1) is 4.51 Å². The van der Waals surface area contributed by atoms with E-state index in [2.05, 4.69) is 10.1 Å². The lowest BCUT2D eigenvalue weighted by Gasteiger charge is -2.13. The molecule has 1 amide bonds. The van der Waals surface area contributed by atoms with Crippen LogP contribution in [0.4, 0.5) is 0 Å². The van der Waals surface area contributed by atoms with E-state index in [1.165, 1.54) is 11.0 Å². The summed E-state index contributed by atoms with van der Waals surface area (Å²) in [6.45, 7) is 0. The number of aromatic amines is 1. The van der Waals surface area contributed by atoms with Crippen LogP contribution in [0.5, 0.6) is 0 Å². The van der Waals surface area contributed by atoms with Crippen molar-refractivity contribution in [2.75, 3.05) is 14.1 Å². The van der Waals surface area contributed by atoms with Crippen molar-refractivity contribution < 1.29 is 4.79 Å². The van der Waals surface area contributed by atoms with Crippen LogP contribution >= 0.6 is 12.2 Å². The first kappa shape index (κ1) is 18.5. The van der Waals surface area contributed by atoms with Crippen molar-refractivity contribution in [1.29, 1.82) is 0 Å². The Labute approximate surface area is 161 Å². The standard InChI is InChI=1S/C20H18N4O2S/c1-23(2)13-21-19(25)17-16(14-9-5-3-6-10-14)18(27)20(26)24(22-17)15-11-7-4-8-12-15/h3-13,22H,1-2H3. The van der Waals surface area contributed by atoms with E-state index in [0.717, 1.165) is 0 Å².